The highest BCUT2D eigenvalue weighted by atomic mass is 16.6. The normalized spacial score (nSPS) is 13.2. The van der Waals surface area contributed by atoms with E-state index in [2.05, 4.69) is 16.0 Å². The van der Waals surface area contributed by atoms with Crippen LogP contribution < -0.4 is 21.7 Å². The van der Waals surface area contributed by atoms with Crippen LogP contribution in [0.4, 0.5) is 4.79 Å². The van der Waals surface area contributed by atoms with Gasteiger partial charge in [0.15, 0.2) is 0 Å². The Hall–Kier alpha value is -5.14. The minimum atomic E-state index is -1.58. The summed E-state index contributed by atoms with van der Waals surface area (Å²) in [6.07, 6.45) is -2.21. The molecule has 0 aromatic heterocycles. The van der Waals surface area contributed by atoms with Crippen molar-refractivity contribution in [3.8, 4) is 5.75 Å². The van der Waals surface area contributed by atoms with Crippen molar-refractivity contribution in [1.82, 2.24) is 16.0 Å². The predicted octanol–water partition coefficient (Wildman–Crippen LogP) is 2.54. The van der Waals surface area contributed by atoms with Gasteiger partial charge in [0.1, 0.15) is 41.7 Å². The molecule has 0 spiro atoms. The number of carbonyl (C=O) groups excluding carboxylic acids is 6. The van der Waals surface area contributed by atoms with Gasteiger partial charge >= 0.3 is 18.0 Å². The fourth-order valence-corrected chi connectivity index (χ4v) is 4.22. The van der Waals surface area contributed by atoms with Gasteiger partial charge in [0.2, 0.25) is 17.7 Å². The van der Waals surface area contributed by atoms with Crippen LogP contribution in [0.5, 0.6) is 5.75 Å². The van der Waals surface area contributed by atoms with E-state index in [4.69, 9.17) is 19.9 Å². The first-order chi connectivity index (χ1) is 22.3. The number of nitrogens with one attached hydrogen (secondary N) is 3. The molecule has 48 heavy (non-hydrogen) atoms. The van der Waals surface area contributed by atoms with Gasteiger partial charge in [0.05, 0.1) is 6.42 Å². The van der Waals surface area contributed by atoms with E-state index in [1.807, 2.05) is 0 Å². The largest absolute Gasteiger partial charge is 0.508 e. The van der Waals surface area contributed by atoms with E-state index in [9.17, 15) is 33.9 Å². The quantitative estimate of drug-likeness (QED) is 0.138. The van der Waals surface area contributed by atoms with Gasteiger partial charge in [-0.1, -0.05) is 42.5 Å². The molecule has 0 saturated carbocycles. The smallest absolute Gasteiger partial charge is 0.408 e. The van der Waals surface area contributed by atoms with Crippen LogP contribution in [0, 0.1) is 0 Å². The first-order valence-corrected chi connectivity index (χ1v) is 15.4. The molecule has 2 aromatic rings. The Bertz CT molecular complexity index is 1420. The number of ether oxygens (including phenoxy) is 3. The number of benzene rings is 2. The number of esters is 2. The zero-order chi connectivity index (χ0) is 36.1. The number of aromatic hydroxyl groups is 1. The number of phenolic OH excluding ortho intramolecular Hbond substituents is 1. The zero-order valence-electron chi connectivity index (χ0n) is 28.2. The van der Waals surface area contributed by atoms with Crippen LogP contribution in [0.2, 0.25) is 0 Å². The van der Waals surface area contributed by atoms with Crippen molar-refractivity contribution in [3.05, 3.63) is 65.7 Å². The number of nitrogens with two attached hydrogens (primary N) is 1. The lowest BCUT2D eigenvalue weighted by atomic mass is 10.0. The molecule has 0 aliphatic rings. The summed E-state index contributed by atoms with van der Waals surface area (Å²) in [5.41, 5.74) is 4.94. The number of rotatable bonds is 15. The van der Waals surface area contributed by atoms with Crippen molar-refractivity contribution in [2.45, 2.75) is 103 Å². The molecule has 4 amide bonds. The summed E-state index contributed by atoms with van der Waals surface area (Å²) in [5, 5.41) is 17.0. The number of amides is 4. The second-order valence-corrected chi connectivity index (χ2v) is 13.1. The molecule has 3 atom stereocenters. The molecule has 0 saturated heterocycles. The van der Waals surface area contributed by atoms with Crippen molar-refractivity contribution in [2.24, 2.45) is 5.73 Å². The number of hydrogen-bond acceptors (Lipinski definition) is 10. The Balaban J connectivity index is 2.26. The molecule has 0 unspecified atom stereocenters. The maximum atomic E-state index is 13.5. The second kappa shape index (κ2) is 17.7. The molecule has 0 radical (unpaired) electrons. The summed E-state index contributed by atoms with van der Waals surface area (Å²) in [6, 6.07) is 10.5. The third kappa shape index (κ3) is 15.4. The Morgan fingerprint density at radius 3 is 1.85 bits per heavy atom. The summed E-state index contributed by atoms with van der Waals surface area (Å²) < 4.78 is 16.0. The fraction of sp³-hybridized carbons (Fsp3) is 0.471. The molecule has 2 rings (SSSR count). The monoisotopic (exact) mass is 670 g/mol. The molecule has 0 aliphatic heterocycles. The SMILES string of the molecule is CC(C)(C)OC(=O)CC[C@H](NC(=O)OCc1ccccc1)C(=O)N[C@@H](CC(N)=O)C(=O)N[C@@H](Cc1ccc(O)cc1)C(=O)OC(C)(C)C. The van der Waals surface area contributed by atoms with E-state index in [1.165, 1.54) is 12.1 Å². The van der Waals surface area contributed by atoms with Crippen LogP contribution in [0.1, 0.15) is 71.9 Å². The maximum Gasteiger partial charge on any atom is 0.408 e. The van der Waals surface area contributed by atoms with E-state index >= 15 is 0 Å². The van der Waals surface area contributed by atoms with Crippen LogP contribution in [-0.2, 0) is 51.2 Å². The van der Waals surface area contributed by atoms with Gasteiger partial charge in [-0.05, 0) is 71.2 Å². The van der Waals surface area contributed by atoms with Crippen molar-refractivity contribution >= 4 is 35.8 Å². The molecular weight excluding hydrogens is 624 g/mol. The fourth-order valence-electron chi connectivity index (χ4n) is 4.22. The maximum absolute atomic E-state index is 13.5. The molecule has 0 fully saturated rings. The molecule has 0 aliphatic carbocycles. The Morgan fingerprint density at radius 2 is 1.29 bits per heavy atom. The summed E-state index contributed by atoms with van der Waals surface area (Å²) in [6.45, 7) is 9.86. The minimum Gasteiger partial charge on any atom is -0.508 e. The van der Waals surface area contributed by atoms with E-state index in [-0.39, 0.29) is 31.6 Å². The Morgan fingerprint density at radius 1 is 0.729 bits per heavy atom. The highest BCUT2D eigenvalue weighted by Gasteiger charge is 2.33. The molecule has 14 nitrogen and oxygen atoms in total. The molecule has 14 heteroatoms. The molecule has 2 aromatic carbocycles. The molecule has 262 valence electrons. The summed E-state index contributed by atoms with van der Waals surface area (Å²) >= 11 is 0. The van der Waals surface area contributed by atoms with Gasteiger partial charge in [-0.25, -0.2) is 9.59 Å². The number of carbonyl (C=O) groups is 6. The number of phenols is 1. The first kappa shape index (κ1) is 39.0. The molecule has 6 N–H and O–H groups in total. The van der Waals surface area contributed by atoms with E-state index in [0.29, 0.717) is 11.1 Å². The van der Waals surface area contributed by atoms with Crippen LogP contribution in [0.3, 0.4) is 0 Å². The number of primary amides is 1. The lowest BCUT2D eigenvalue weighted by Crippen LogP contribution is -2.57. The van der Waals surface area contributed by atoms with Gasteiger partial charge in [-0.3, -0.25) is 19.2 Å². The van der Waals surface area contributed by atoms with E-state index in [1.54, 1.807) is 84.0 Å². The van der Waals surface area contributed by atoms with Crippen LogP contribution >= 0.6 is 0 Å². The average Bonchev–Trinajstić information content (AvgIpc) is 2.97. The van der Waals surface area contributed by atoms with Crippen LogP contribution in [-0.4, -0.2) is 70.2 Å². The van der Waals surface area contributed by atoms with Crippen molar-refractivity contribution in [1.29, 1.82) is 0 Å². The second-order valence-electron chi connectivity index (χ2n) is 13.1. The third-order valence-electron chi connectivity index (χ3n) is 6.30. The first-order valence-electron chi connectivity index (χ1n) is 15.4. The Labute approximate surface area is 280 Å². The molecule has 0 bridgehead atoms. The minimum absolute atomic E-state index is 0.000354. The van der Waals surface area contributed by atoms with Crippen LogP contribution in [0.25, 0.3) is 0 Å². The van der Waals surface area contributed by atoms with E-state index in [0.717, 1.165) is 0 Å². The number of hydrogen-bond donors (Lipinski definition) is 5. The van der Waals surface area contributed by atoms with Crippen LogP contribution in [0.15, 0.2) is 54.6 Å². The van der Waals surface area contributed by atoms with Gasteiger partial charge in [0.25, 0.3) is 0 Å². The van der Waals surface area contributed by atoms with Crippen molar-refractivity contribution in [2.75, 3.05) is 0 Å². The summed E-state index contributed by atoms with van der Waals surface area (Å²) in [5.74, 6) is -4.23. The highest BCUT2D eigenvalue weighted by molar-refractivity contribution is 5.95. The molecule has 0 heterocycles. The van der Waals surface area contributed by atoms with Gasteiger partial charge < -0.3 is 41.0 Å². The molecular formula is C34H46N4O10. The summed E-state index contributed by atoms with van der Waals surface area (Å²) in [7, 11) is 0. The topological polar surface area (TPSA) is 212 Å². The number of alkyl carbamates (subject to hydrolysis) is 1. The zero-order valence-corrected chi connectivity index (χ0v) is 28.2. The standard InChI is InChI=1S/C34H46N4O10/c1-33(2,3)47-28(41)17-16-24(38-32(45)46-20-22-10-8-7-9-11-22)29(42)36-25(19-27(35)40)30(43)37-26(31(44)48-34(4,5)6)18-21-12-14-23(39)15-13-21/h7-15,24-26,39H,16-20H2,1-6H3,(H2,35,40)(H,36,42)(H,37,43)(H,38,45)/t24-,25-,26-/m0/s1. The average molecular weight is 671 g/mol. The van der Waals surface area contributed by atoms with Crippen molar-refractivity contribution in [3.63, 3.8) is 0 Å². The summed E-state index contributed by atoms with van der Waals surface area (Å²) in [4.78, 5) is 77.2. The predicted molar refractivity (Wildman–Crippen MR) is 174 cm³/mol. The lowest BCUT2D eigenvalue weighted by Gasteiger charge is -2.27. The lowest BCUT2D eigenvalue weighted by molar-refractivity contribution is -0.158. The van der Waals surface area contributed by atoms with Gasteiger partial charge in [-0.15, -0.1) is 0 Å². The Kier molecular flexibility index (Phi) is 14.4. The van der Waals surface area contributed by atoms with Gasteiger partial charge in [0, 0.05) is 12.8 Å². The third-order valence-corrected chi connectivity index (χ3v) is 6.30. The van der Waals surface area contributed by atoms with E-state index < -0.39 is 71.5 Å². The highest BCUT2D eigenvalue weighted by Crippen LogP contribution is 2.15. The van der Waals surface area contributed by atoms with Crippen molar-refractivity contribution < 1.29 is 48.1 Å². The van der Waals surface area contributed by atoms with Gasteiger partial charge in [-0.2, -0.15) is 0 Å².